The van der Waals surface area contributed by atoms with Crippen molar-refractivity contribution in [3.63, 3.8) is 0 Å². The number of aliphatic carboxylic acids is 1. The van der Waals surface area contributed by atoms with Crippen LogP contribution in [-0.4, -0.2) is 58.9 Å². The lowest BCUT2D eigenvalue weighted by molar-refractivity contribution is -0.140. The Labute approximate surface area is 150 Å². The average molecular weight is 352 g/mol. The van der Waals surface area contributed by atoms with Gasteiger partial charge in [-0.2, -0.15) is 0 Å². The van der Waals surface area contributed by atoms with E-state index in [0.717, 1.165) is 12.3 Å². The Balaban J connectivity index is 1.60. The van der Waals surface area contributed by atoms with Gasteiger partial charge in [-0.3, -0.25) is 14.4 Å². The number of nitrogens with zero attached hydrogens (tertiary/aromatic N) is 2. The smallest absolute Gasteiger partial charge is 0.303 e. The molecule has 2 rings (SSSR count). The summed E-state index contributed by atoms with van der Waals surface area (Å²) < 4.78 is 0. The van der Waals surface area contributed by atoms with E-state index in [2.05, 4.69) is 0 Å². The molecule has 0 aromatic carbocycles. The summed E-state index contributed by atoms with van der Waals surface area (Å²) in [6, 6.07) is 0. The fraction of sp³-hybridized carbons (Fsp3) is 0.842. The first-order valence-corrected chi connectivity index (χ1v) is 9.83. The maximum Gasteiger partial charge on any atom is 0.303 e. The van der Waals surface area contributed by atoms with Crippen molar-refractivity contribution in [2.75, 3.05) is 26.2 Å². The lowest BCUT2D eigenvalue weighted by atomic mass is 9.86. The number of unbranched alkanes of at least 4 members (excludes halogenated alkanes) is 1. The van der Waals surface area contributed by atoms with Crippen molar-refractivity contribution in [2.24, 2.45) is 5.92 Å². The van der Waals surface area contributed by atoms with Gasteiger partial charge in [-0.25, -0.2) is 0 Å². The zero-order valence-electron chi connectivity index (χ0n) is 15.3. The highest BCUT2D eigenvalue weighted by Gasteiger charge is 2.24. The second kappa shape index (κ2) is 10.4. The van der Waals surface area contributed by atoms with Crippen LogP contribution in [0.2, 0.25) is 0 Å². The van der Waals surface area contributed by atoms with Crippen molar-refractivity contribution in [3.8, 4) is 0 Å². The first-order chi connectivity index (χ1) is 12.1. The van der Waals surface area contributed by atoms with Gasteiger partial charge >= 0.3 is 5.97 Å². The predicted octanol–water partition coefficient (Wildman–Crippen LogP) is 2.66. The van der Waals surface area contributed by atoms with Gasteiger partial charge in [0.1, 0.15) is 0 Å². The van der Waals surface area contributed by atoms with Crippen LogP contribution in [-0.2, 0) is 14.4 Å². The third kappa shape index (κ3) is 7.04. The number of amides is 2. The average Bonchev–Trinajstić information content (AvgIpc) is 2.64. The Kier molecular flexibility index (Phi) is 8.22. The standard InChI is InChI=1S/C19H32N2O4/c22-17(8-4-5-9-19(24)25)20-12-14-21(15-13-20)18(23)11-10-16-6-2-1-3-7-16/h16H,1-15H2,(H,24,25). The van der Waals surface area contributed by atoms with Crippen molar-refractivity contribution in [2.45, 2.75) is 70.6 Å². The summed E-state index contributed by atoms with van der Waals surface area (Å²) in [7, 11) is 0. The number of carboxylic acids is 1. The molecule has 0 bridgehead atoms. The van der Waals surface area contributed by atoms with E-state index in [4.69, 9.17) is 5.11 Å². The Morgan fingerprint density at radius 2 is 1.28 bits per heavy atom. The van der Waals surface area contributed by atoms with Crippen molar-refractivity contribution in [1.82, 2.24) is 9.80 Å². The van der Waals surface area contributed by atoms with Crippen molar-refractivity contribution in [3.05, 3.63) is 0 Å². The van der Waals surface area contributed by atoms with Crippen LogP contribution in [0.25, 0.3) is 0 Å². The third-order valence-corrected chi connectivity index (χ3v) is 5.51. The fourth-order valence-electron chi connectivity index (χ4n) is 3.88. The van der Waals surface area contributed by atoms with E-state index in [1.165, 1.54) is 32.1 Å². The molecule has 1 saturated heterocycles. The molecule has 2 fully saturated rings. The molecule has 6 nitrogen and oxygen atoms in total. The lowest BCUT2D eigenvalue weighted by Crippen LogP contribution is -2.50. The van der Waals surface area contributed by atoms with Crippen molar-refractivity contribution < 1.29 is 19.5 Å². The van der Waals surface area contributed by atoms with Crippen LogP contribution in [0.4, 0.5) is 0 Å². The molecule has 0 spiro atoms. The Morgan fingerprint density at radius 3 is 1.84 bits per heavy atom. The summed E-state index contributed by atoms with van der Waals surface area (Å²) in [4.78, 5) is 38.7. The Morgan fingerprint density at radius 1 is 0.760 bits per heavy atom. The first-order valence-electron chi connectivity index (χ1n) is 9.83. The number of piperazine rings is 1. The summed E-state index contributed by atoms with van der Waals surface area (Å²) in [5.41, 5.74) is 0. The number of rotatable bonds is 8. The molecule has 142 valence electrons. The largest absolute Gasteiger partial charge is 0.481 e. The quantitative estimate of drug-likeness (QED) is 0.681. The number of hydrogen-bond donors (Lipinski definition) is 1. The molecule has 1 heterocycles. The Bertz CT molecular complexity index is 452. The van der Waals surface area contributed by atoms with Gasteiger partial charge in [0.15, 0.2) is 0 Å². The van der Waals surface area contributed by atoms with E-state index in [9.17, 15) is 14.4 Å². The monoisotopic (exact) mass is 352 g/mol. The van der Waals surface area contributed by atoms with E-state index >= 15 is 0 Å². The summed E-state index contributed by atoms with van der Waals surface area (Å²) in [6.45, 7) is 2.47. The molecule has 0 aromatic heterocycles. The van der Waals surface area contributed by atoms with Gasteiger partial charge in [-0.05, 0) is 25.2 Å². The molecule has 25 heavy (non-hydrogen) atoms. The van der Waals surface area contributed by atoms with Crippen molar-refractivity contribution in [1.29, 1.82) is 0 Å². The van der Waals surface area contributed by atoms with E-state index in [0.29, 0.717) is 51.9 Å². The summed E-state index contributed by atoms with van der Waals surface area (Å²) in [6.07, 6.45) is 9.87. The second-order valence-electron chi connectivity index (χ2n) is 7.41. The molecule has 0 atom stereocenters. The molecule has 1 N–H and O–H groups in total. The molecule has 1 saturated carbocycles. The zero-order valence-corrected chi connectivity index (χ0v) is 15.3. The van der Waals surface area contributed by atoms with Gasteiger partial charge in [-0.1, -0.05) is 32.1 Å². The minimum Gasteiger partial charge on any atom is -0.481 e. The van der Waals surface area contributed by atoms with Gasteiger partial charge in [0.2, 0.25) is 11.8 Å². The number of carboxylic acid groups (broad SMARTS) is 1. The number of carbonyl (C=O) groups is 3. The van der Waals surface area contributed by atoms with Crippen molar-refractivity contribution >= 4 is 17.8 Å². The SMILES string of the molecule is O=C(O)CCCCC(=O)N1CCN(C(=O)CCC2CCCCC2)CC1. The molecule has 0 unspecified atom stereocenters. The van der Waals surface area contributed by atoms with E-state index < -0.39 is 5.97 Å². The fourth-order valence-corrected chi connectivity index (χ4v) is 3.88. The van der Waals surface area contributed by atoms with E-state index in [1.807, 2.05) is 9.80 Å². The molecule has 2 amide bonds. The van der Waals surface area contributed by atoms with Crippen LogP contribution in [0.5, 0.6) is 0 Å². The maximum absolute atomic E-state index is 12.4. The normalized spacial score (nSPS) is 19.0. The summed E-state index contributed by atoms with van der Waals surface area (Å²) in [5, 5.41) is 8.60. The number of carbonyl (C=O) groups excluding carboxylic acids is 2. The predicted molar refractivity (Wildman–Crippen MR) is 95.1 cm³/mol. The van der Waals surface area contributed by atoms with Crippen LogP contribution in [0.15, 0.2) is 0 Å². The number of hydrogen-bond acceptors (Lipinski definition) is 3. The van der Waals surface area contributed by atoms with Gasteiger partial charge in [0, 0.05) is 45.4 Å². The van der Waals surface area contributed by atoms with Gasteiger partial charge in [0.05, 0.1) is 0 Å². The molecule has 2 aliphatic rings. The second-order valence-corrected chi connectivity index (χ2v) is 7.41. The molecule has 0 aromatic rings. The minimum absolute atomic E-state index is 0.0830. The molecule has 1 aliphatic carbocycles. The minimum atomic E-state index is -0.812. The van der Waals surface area contributed by atoms with Crippen LogP contribution in [0, 0.1) is 5.92 Å². The summed E-state index contributed by atoms with van der Waals surface area (Å²) >= 11 is 0. The van der Waals surface area contributed by atoms with Gasteiger partial charge in [-0.15, -0.1) is 0 Å². The summed E-state index contributed by atoms with van der Waals surface area (Å²) in [5.74, 6) is 0.234. The highest BCUT2D eigenvalue weighted by atomic mass is 16.4. The lowest BCUT2D eigenvalue weighted by Gasteiger charge is -2.35. The maximum atomic E-state index is 12.4. The van der Waals surface area contributed by atoms with Gasteiger partial charge in [0.25, 0.3) is 0 Å². The molecule has 0 radical (unpaired) electrons. The van der Waals surface area contributed by atoms with Crippen LogP contribution < -0.4 is 0 Å². The van der Waals surface area contributed by atoms with E-state index in [-0.39, 0.29) is 18.2 Å². The van der Waals surface area contributed by atoms with Gasteiger partial charge < -0.3 is 14.9 Å². The highest BCUT2D eigenvalue weighted by molar-refractivity contribution is 5.78. The first kappa shape index (κ1) is 19.7. The van der Waals surface area contributed by atoms with E-state index in [1.54, 1.807) is 0 Å². The third-order valence-electron chi connectivity index (χ3n) is 5.51. The molecular weight excluding hydrogens is 320 g/mol. The van der Waals surface area contributed by atoms with Crippen LogP contribution in [0.3, 0.4) is 0 Å². The molecular formula is C19H32N2O4. The topological polar surface area (TPSA) is 77.9 Å². The Hall–Kier alpha value is -1.59. The molecule has 6 heteroatoms. The zero-order chi connectivity index (χ0) is 18.1. The van der Waals surface area contributed by atoms with Crippen LogP contribution in [0.1, 0.15) is 70.6 Å². The highest BCUT2D eigenvalue weighted by Crippen LogP contribution is 2.27. The molecule has 1 aliphatic heterocycles. The van der Waals surface area contributed by atoms with Crippen LogP contribution >= 0.6 is 0 Å².